The molecule has 1 amide bonds. The molecule has 7 nitrogen and oxygen atoms in total. The van der Waals surface area contributed by atoms with Crippen LogP contribution in [0.2, 0.25) is 0 Å². The van der Waals surface area contributed by atoms with E-state index in [1.165, 1.54) is 23.1 Å². The topological polar surface area (TPSA) is 81.9 Å². The molecule has 1 saturated heterocycles. The molecule has 0 radical (unpaired) electrons. The van der Waals surface area contributed by atoms with Gasteiger partial charge in [-0.3, -0.25) is 19.8 Å². The predicted molar refractivity (Wildman–Crippen MR) is 122 cm³/mol. The number of rotatable bonds is 7. The first-order chi connectivity index (χ1) is 14.3. The Morgan fingerprint density at radius 1 is 1.27 bits per heavy atom. The summed E-state index contributed by atoms with van der Waals surface area (Å²) in [6.45, 7) is 4.02. The number of carbonyl (C=O) groups excluding carboxylic acids is 1. The highest BCUT2D eigenvalue weighted by Crippen LogP contribution is 2.38. The van der Waals surface area contributed by atoms with Crippen LogP contribution in [0.25, 0.3) is 6.08 Å². The lowest BCUT2D eigenvalue weighted by molar-refractivity contribution is -0.384. The minimum Gasteiger partial charge on any atom is -0.493 e. The van der Waals surface area contributed by atoms with Gasteiger partial charge in [0.2, 0.25) is 0 Å². The van der Waals surface area contributed by atoms with E-state index < -0.39 is 4.92 Å². The molecule has 0 aliphatic carbocycles. The Morgan fingerprint density at radius 3 is 2.70 bits per heavy atom. The molecule has 1 aliphatic rings. The zero-order valence-electron chi connectivity index (χ0n) is 16.7. The van der Waals surface area contributed by atoms with Gasteiger partial charge in [0.05, 0.1) is 28.7 Å². The largest absolute Gasteiger partial charge is 0.493 e. The third-order valence-corrected chi connectivity index (χ3v) is 5.78. The maximum atomic E-state index is 12.9. The highest BCUT2D eigenvalue weighted by Gasteiger charge is 2.34. The minimum absolute atomic E-state index is 0.0518. The van der Waals surface area contributed by atoms with Crippen LogP contribution in [-0.4, -0.2) is 28.4 Å². The molecule has 2 aromatic carbocycles. The molecule has 0 bridgehead atoms. The Bertz CT molecular complexity index is 1040. The van der Waals surface area contributed by atoms with Gasteiger partial charge in [0, 0.05) is 12.1 Å². The summed E-state index contributed by atoms with van der Waals surface area (Å²) in [5.41, 5.74) is 1.01. The Kier molecular flexibility index (Phi) is 6.73. The van der Waals surface area contributed by atoms with Crippen LogP contribution in [0.3, 0.4) is 0 Å². The van der Waals surface area contributed by atoms with E-state index in [-0.39, 0.29) is 17.7 Å². The molecule has 0 aromatic heterocycles. The fourth-order valence-corrected chi connectivity index (χ4v) is 4.06. The van der Waals surface area contributed by atoms with Gasteiger partial charge in [-0.15, -0.1) is 0 Å². The molecule has 1 aliphatic heterocycles. The summed E-state index contributed by atoms with van der Waals surface area (Å²) in [5.74, 6) is 0.871. The fourth-order valence-electron chi connectivity index (χ4n) is 2.76. The predicted octanol–water partition coefficient (Wildman–Crippen LogP) is 5.19. The molecule has 0 spiro atoms. The van der Waals surface area contributed by atoms with Crippen LogP contribution in [0, 0.1) is 10.1 Å². The second-order valence-electron chi connectivity index (χ2n) is 6.54. The lowest BCUT2D eigenvalue weighted by Gasteiger charge is -2.16. The van der Waals surface area contributed by atoms with E-state index in [1.807, 2.05) is 19.9 Å². The van der Waals surface area contributed by atoms with Crippen LogP contribution in [0.4, 0.5) is 11.4 Å². The molecule has 3 rings (SSSR count). The summed E-state index contributed by atoms with van der Waals surface area (Å²) in [5, 5.41) is 11.0. The van der Waals surface area contributed by atoms with Gasteiger partial charge in [-0.25, -0.2) is 0 Å². The minimum atomic E-state index is -0.508. The first kappa shape index (κ1) is 21.8. The first-order valence-corrected chi connectivity index (χ1v) is 10.4. The first-order valence-electron chi connectivity index (χ1n) is 9.21. The highest BCUT2D eigenvalue weighted by atomic mass is 32.2. The van der Waals surface area contributed by atoms with Crippen molar-refractivity contribution in [1.29, 1.82) is 0 Å². The molecule has 0 N–H and O–H groups in total. The number of non-ortho nitro benzene ring substituents is 1. The van der Waals surface area contributed by atoms with E-state index in [1.54, 1.807) is 31.4 Å². The van der Waals surface area contributed by atoms with Gasteiger partial charge >= 0.3 is 0 Å². The molecule has 30 heavy (non-hydrogen) atoms. The molecule has 9 heteroatoms. The highest BCUT2D eigenvalue weighted by molar-refractivity contribution is 8.27. The number of thioether (sulfide) groups is 1. The summed E-state index contributed by atoms with van der Waals surface area (Å²) in [4.78, 5) is 25.2. The number of thiocarbonyl (C=S) groups is 1. The number of nitrogens with zero attached hydrogens (tertiary/aromatic N) is 2. The zero-order valence-corrected chi connectivity index (χ0v) is 18.3. The lowest BCUT2D eigenvalue weighted by Crippen LogP contribution is -2.27. The van der Waals surface area contributed by atoms with Gasteiger partial charge in [0.15, 0.2) is 15.8 Å². The number of nitro groups is 1. The Morgan fingerprint density at radius 2 is 2.03 bits per heavy atom. The van der Waals surface area contributed by atoms with E-state index in [4.69, 9.17) is 21.7 Å². The van der Waals surface area contributed by atoms with Gasteiger partial charge in [0.1, 0.15) is 0 Å². The fraction of sp³-hybridized carbons (Fsp3) is 0.238. The Hall–Kier alpha value is -2.91. The molecule has 2 aromatic rings. The molecule has 0 unspecified atom stereocenters. The van der Waals surface area contributed by atoms with Crippen molar-refractivity contribution in [2.24, 2.45) is 0 Å². The summed E-state index contributed by atoms with van der Waals surface area (Å²) >= 11 is 6.49. The SMILES string of the molecule is CC[C@H](C)Oc1ccc(/C=C2/SC(=S)N(c3cccc([N+](=O)[O-])c3)C2=O)cc1OC. The van der Waals surface area contributed by atoms with Crippen LogP contribution in [-0.2, 0) is 4.79 Å². The third-order valence-electron chi connectivity index (χ3n) is 4.48. The number of hydrogen-bond acceptors (Lipinski definition) is 7. The number of benzene rings is 2. The zero-order chi connectivity index (χ0) is 21.8. The van der Waals surface area contributed by atoms with Crippen LogP contribution in [0.15, 0.2) is 47.4 Å². The number of amides is 1. The summed E-state index contributed by atoms with van der Waals surface area (Å²) < 4.78 is 11.6. The smallest absolute Gasteiger partial charge is 0.271 e. The van der Waals surface area contributed by atoms with Crippen LogP contribution >= 0.6 is 24.0 Å². The van der Waals surface area contributed by atoms with Gasteiger partial charge in [-0.05, 0) is 43.2 Å². The van der Waals surface area contributed by atoms with Crippen LogP contribution in [0.1, 0.15) is 25.8 Å². The summed E-state index contributed by atoms with van der Waals surface area (Å²) in [7, 11) is 1.56. The van der Waals surface area contributed by atoms with Gasteiger partial charge in [-0.2, -0.15) is 0 Å². The number of nitro benzene ring substituents is 1. The Balaban J connectivity index is 1.88. The van der Waals surface area contributed by atoms with Crippen molar-refractivity contribution in [3.63, 3.8) is 0 Å². The average Bonchev–Trinajstić information content (AvgIpc) is 3.01. The Labute approximate surface area is 183 Å². The van der Waals surface area contributed by atoms with E-state index in [2.05, 4.69) is 0 Å². The van der Waals surface area contributed by atoms with Gasteiger partial charge < -0.3 is 9.47 Å². The molecule has 1 heterocycles. The number of hydrogen-bond donors (Lipinski definition) is 0. The van der Waals surface area contributed by atoms with E-state index >= 15 is 0 Å². The van der Waals surface area contributed by atoms with Crippen molar-refractivity contribution in [2.45, 2.75) is 26.4 Å². The second kappa shape index (κ2) is 9.27. The molecular formula is C21H20N2O5S2. The van der Waals surface area contributed by atoms with E-state index in [9.17, 15) is 14.9 Å². The maximum Gasteiger partial charge on any atom is 0.271 e. The van der Waals surface area contributed by atoms with Crippen molar-refractivity contribution < 1.29 is 19.2 Å². The summed E-state index contributed by atoms with van der Waals surface area (Å²) in [6, 6.07) is 11.3. The quantitative estimate of drug-likeness (QED) is 0.252. The van der Waals surface area contributed by atoms with Crippen molar-refractivity contribution in [3.05, 3.63) is 63.0 Å². The molecule has 156 valence electrons. The maximum absolute atomic E-state index is 12.9. The standard InChI is InChI=1S/C21H20N2O5S2/c1-4-13(2)28-17-9-8-14(10-18(17)27-3)11-19-20(24)22(21(29)30-19)15-6-5-7-16(12-15)23(25)26/h5-13H,4H2,1-3H3/b19-11+/t13-/m0/s1. The van der Waals surface area contributed by atoms with E-state index in [0.717, 1.165) is 23.7 Å². The van der Waals surface area contributed by atoms with Crippen molar-refractivity contribution in [1.82, 2.24) is 0 Å². The number of ether oxygens (including phenoxy) is 2. The molecular weight excluding hydrogens is 424 g/mol. The number of carbonyl (C=O) groups is 1. The van der Waals surface area contributed by atoms with Gasteiger partial charge in [0.25, 0.3) is 11.6 Å². The number of anilines is 1. The number of methoxy groups -OCH3 is 1. The molecule has 0 saturated carbocycles. The monoisotopic (exact) mass is 444 g/mol. The van der Waals surface area contributed by atoms with Crippen molar-refractivity contribution >= 4 is 51.7 Å². The summed E-state index contributed by atoms with van der Waals surface area (Å²) in [6.07, 6.45) is 2.63. The lowest BCUT2D eigenvalue weighted by atomic mass is 10.1. The van der Waals surface area contributed by atoms with Crippen molar-refractivity contribution in [2.75, 3.05) is 12.0 Å². The van der Waals surface area contributed by atoms with Crippen molar-refractivity contribution in [3.8, 4) is 11.5 Å². The van der Waals surface area contributed by atoms with Crippen LogP contribution in [0.5, 0.6) is 11.5 Å². The average molecular weight is 445 g/mol. The van der Waals surface area contributed by atoms with Crippen LogP contribution < -0.4 is 14.4 Å². The third kappa shape index (κ3) is 4.63. The van der Waals surface area contributed by atoms with Gasteiger partial charge in [-0.1, -0.05) is 43.0 Å². The molecule has 1 fully saturated rings. The normalized spacial score (nSPS) is 16.1. The van der Waals surface area contributed by atoms with E-state index in [0.29, 0.717) is 26.4 Å². The second-order valence-corrected chi connectivity index (χ2v) is 8.22. The molecule has 1 atom stereocenters.